The van der Waals surface area contributed by atoms with Gasteiger partial charge in [-0.1, -0.05) is 36.2 Å². The molecule has 0 radical (unpaired) electrons. The van der Waals surface area contributed by atoms with Crippen LogP contribution >= 0.6 is 23.2 Å². The molecule has 0 fully saturated rings. The van der Waals surface area contributed by atoms with Crippen LogP contribution in [0.3, 0.4) is 0 Å². The van der Waals surface area contributed by atoms with Gasteiger partial charge in [0.1, 0.15) is 5.78 Å². The first-order chi connectivity index (χ1) is 6.65. The molecule has 0 saturated heterocycles. The van der Waals surface area contributed by atoms with E-state index in [1.165, 1.54) is 0 Å². The number of carbonyl (C=O) groups is 1. The van der Waals surface area contributed by atoms with Gasteiger partial charge in [-0.15, -0.1) is 0 Å². The van der Waals surface area contributed by atoms with Gasteiger partial charge in [0.25, 0.3) is 0 Å². The summed E-state index contributed by atoms with van der Waals surface area (Å²) in [5.41, 5.74) is 0.745. The first kappa shape index (κ1) is 11.5. The number of carbonyl (C=O) groups excluding carboxylic acids is 1. The number of hydrogen-bond acceptors (Lipinski definition) is 1. The molecule has 14 heavy (non-hydrogen) atoms. The van der Waals surface area contributed by atoms with Crippen molar-refractivity contribution in [2.45, 2.75) is 26.2 Å². The maximum Gasteiger partial charge on any atom is 0.137 e. The average Bonchev–Trinajstić information content (AvgIpc) is 2.12. The fourth-order valence-electron chi connectivity index (χ4n) is 1.27. The predicted octanol–water partition coefficient (Wildman–Crippen LogP) is 3.91. The van der Waals surface area contributed by atoms with Crippen LogP contribution in [0.2, 0.25) is 10.0 Å². The third-order valence-corrected chi connectivity index (χ3v) is 2.67. The number of hydrogen-bond donors (Lipinski definition) is 0. The van der Waals surface area contributed by atoms with Crippen LogP contribution < -0.4 is 0 Å². The van der Waals surface area contributed by atoms with E-state index in [0.717, 1.165) is 12.0 Å². The van der Waals surface area contributed by atoms with E-state index in [9.17, 15) is 4.79 Å². The average molecular weight is 231 g/mol. The van der Waals surface area contributed by atoms with Gasteiger partial charge >= 0.3 is 0 Å². The molecule has 1 aromatic rings. The topological polar surface area (TPSA) is 17.1 Å². The van der Waals surface area contributed by atoms with Gasteiger partial charge in [-0.05, 0) is 24.1 Å². The molecule has 1 aromatic carbocycles. The van der Waals surface area contributed by atoms with Gasteiger partial charge in [0.05, 0.1) is 0 Å². The molecule has 0 saturated carbocycles. The van der Waals surface area contributed by atoms with E-state index in [2.05, 4.69) is 0 Å². The van der Waals surface area contributed by atoms with E-state index in [1.54, 1.807) is 18.2 Å². The van der Waals surface area contributed by atoms with Crippen molar-refractivity contribution in [2.24, 2.45) is 0 Å². The predicted molar refractivity (Wildman–Crippen MR) is 60.1 cm³/mol. The summed E-state index contributed by atoms with van der Waals surface area (Å²) >= 11 is 11.9. The van der Waals surface area contributed by atoms with E-state index in [1.807, 2.05) is 6.92 Å². The SMILES string of the molecule is CCCC(=O)Cc1c(Cl)cccc1Cl. The molecule has 0 spiro atoms. The highest BCUT2D eigenvalue weighted by Gasteiger charge is 2.09. The molecule has 0 unspecified atom stereocenters. The molecule has 0 aromatic heterocycles. The molecule has 1 nitrogen and oxygen atoms in total. The molecule has 0 bridgehead atoms. The number of ketones is 1. The molecule has 76 valence electrons. The van der Waals surface area contributed by atoms with Crippen LogP contribution in [0, 0.1) is 0 Å². The lowest BCUT2D eigenvalue weighted by atomic mass is 10.1. The third-order valence-electron chi connectivity index (χ3n) is 1.96. The Balaban J connectivity index is 2.80. The number of Topliss-reactive ketones (excluding diaryl/α,β-unsaturated/α-hetero) is 1. The lowest BCUT2D eigenvalue weighted by Gasteiger charge is -2.05. The highest BCUT2D eigenvalue weighted by molar-refractivity contribution is 6.36. The number of benzene rings is 1. The number of halogens is 2. The van der Waals surface area contributed by atoms with Crippen LogP contribution in [-0.2, 0) is 11.2 Å². The highest BCUT2D eigenvalue weighted by Crippen LogP contribution is 2.25. The van der Waals surface area contributed by atoms with Crippen LogP contribution in [-0.4, -0.2) is 5.78 Å². The van der Waals surface area contributed by atoms with Crippen molar-refractivity contribution in [2.75, 3.05) is 0 Å². The Hall–Kier alpha value is -0.530. The molecule has 0 N–H and O–H groups in total. The summed E-state index contributed by atoms with van der Waals surface area (Å²) in [7, 11) is 0. The first-order valence-electron chi connectivity index (χ1n) is 4.59. The Labute approximate surface area is 94.0 Å². The Morgan fingerprint density at radius 2 is 1.86 bits per heavy atom. The van der Waals surface area contributed by atoms with Crippen molar-refractivity contribution in [1.82, 2.24) is 0 Å². The maximum atomic E-state index is 11.4. The third kappa shape index (κ3) is 3.00. The minimum atomic E-state index is 0.183. The van der Waals surface area contributed by atoms with Crippen LogP contribution in [0.15, 0.2) is 18.2 Å². The summed E-state index contributed by atoms with van der Waals surface area (Å²) in [5.74, 6) is 0.183. The van der Waals surface area contributed by atoms with Gasteiger partial charge in [-0.2, -0.15) is 0 Å². The molecular weight excluding hydrogens is 219 g/mol. The second-order valence-corrected chi connectivity index (χ2v) is 3.98. The van der Waals surface area contributed by atoms with Crippen molar-refractivity contribution in [3.05, 3.63) is 33.8 Å². The summed E-state index contributed by atoms with van der Waals surface area (Å²) in [6.07, 6.45) is 1.79. The van der Waals surface area contributed by atoms with Gasteiger partial charge in [-0.3, -0.25) is 4.79 Å². The van der Waals surface area contributed by atoms with Crippen LogP contribution in [0.25, 0.3) is 0 Å². The zero-order chi connectivity index (χ0) is 10.6. The van der Waals surface area contributed by atoms with Crippen molar-refractivity contribution in [3.8, 4) is 0 Å². The van der Waals surface area contributed by atoms with Crippen molar-refractivity contribution in [1.29, 1.82) is 0 Å². The molecule has 0 aliphatic heterocycles. The summed E-state index contributed by atoms with van der Waals surface area (Å²) in [6.45, 7) is 1.98. The monoisotopic (exact) mass is 230 g/mol. The molecule has 3 heteroatoms. The largest absolute Gasteiger partial charge is 0.299 e. The Bertz CT molecular complexity index is 314. The zero-order valence-electron chi connectivity index (χ0n) is 8.02. The summed E-state index contributed by atoms with van der Waals surface area (Å²) in [4.78, 5) is 11.4. The van der Waals surface area contributed by atoms with Crippen molar-refractivity contribution in [3.63, 3.8) is 0 Å². The van der Waals surface area contributed by atoms with E-state index in [0.29, 0.717) is 22.9 Å². The van der Waals surface area contributed by atoms with E-state index in [-0.39, 0.29) is 5.78 Å². The molecule has 0 aliphatic rings. The van der Waals surface area contributed by atoms with Crippen molar-refractivity contribution < 1.29 is 4.79 Å². The highest BCUT2D eigenvalue weighted by atomic mass is 35.5. The lowest BCUT2D eigenvalue weighted by Crippen LogP contribution is -2.02. The minimum Gasteiger partial charge on any atom is -0.299 e. The van der Waals surface area contributed by atoms with Gasteiger partial charge in [0.2, 0.25) is 0 Å². The maximum absolute atomic E-state index is 11.4. The summed E-state index contributed by atoms with van der Waals surface area (Å²) in [5, 5.41) is 1.14. The normalized spacial score (nSPS) is 10.2. The fraction of sp³-hybridized carbons (Fsp3) is 0.364. The van der Waals surface area contributed by atoms with E-state index < -0.39 is 0 Å². The Kier molecular flexibility index (Phi) is 4.43. The zero-order valence-corrected chi connectivity index (χ0v) is 9.53. The molecule has 0 atom stereocenters. The number of rotatable bonds is 4. The second kappa shape index (κ2) is 5.38. The van der Waals surface area contributed by atoms with E-state index >= 15 is 0 Å². The second-order valence-electron chi connectivity index (χ2n) is 3.17. The minimum absolute atomic E-state index is 0.183. The van der Waals surface area contributed by atoms with Crippen molar-refractivity contribution >= 4 is 29.0 Å². The van der Waals surface area contributed by atoms with Gasteiger partial charge in [0, 0.05) is 22.9 Å². The van der Waals surface area contributed by atoms with Gasteiger partial charge in [0.15, 0.2) is 0 Å². The molecular formula is C11H12Cl2O. The van der Waals surface area contributed by atoms with Crippen LogP contribution in [0.4, 0.5) is 0 Å². The van der Waals surface area contributed by atoms with E-state index in [4.69, 9.17) is 23.2 Å². The van der Waals surface area contributed by atoms with Crippen LogP contribution in [0.1, 0.15) is 25.3 Å². The summed E-state index contributed by atoms with van der Waals surface area (Å²) < 4.78 is 0. The standard InChI is InChI=1S/C11H12Cl2O/c1-2-4-8(14)7-9-10(12)5-3-6-11(9)13/h3,5-6H,2,4,7H2,1H3. The van der Waals surface area contributed by atoms with Gasteiger partial charge in [-0.25, -0.2) is 0 Å². The Morgan fingerprint density at radius 3 is 2.36 bits per heavy atom. The first-order valence-corrected chi connectivity index (χ1v) is 5.35. The molecule has 1 rings (SSSR count). The quantitative estimate of drug-likeness (QED) is 0.767. The van der Waals surface area contributed by atoms with Gasteiger partial charge < -0.3 is 0 Å². The summed E-state index contributed by atoms with van der Waals surface area (Å²) in [6, 6.07) is 5.28. The molecule has 0 amide bonds. The molecule has 0 heterocycles. The lowest BCUT2D eigenvalue weighted by molar-refractivity contribution is -0.118. The smallest absolute Gasteiger partial charge is 0.137 e. The fourth-order valence-corrected chi connectivity index (χ4v) is 1.80. The van der Waals surface area contributed by atoms with Crippen LogP contribution in [0.5, 0.6) is 0 Å². The molecule has 0 aliphatic carbocycles. The Morgan fingerprint density at radius 1 is 1.29 bits per heavy atom.